The normalized spacial score (nSPS) is 19.2. The van der Waals surface area contributed by atoms with Crippen LogP contribution in [0.25, 0.3) is 0 Å². The van der Waals surface area contributed by atoms with E-state index in [1.807, 2.05) is 0 Å². The van der Waals surface area contributed by atoms with Gasteiger partial charge in [0, 0.05) is 12.2 Å². The van der Waals surface area contributed by atoms with Crippen molar-refractivity contribution in [1.82, 2.24) is 5.32 Å². The highest BCUT2D eigenvalue weighted by molar-refractivity contribution is 5.79. The molecule has 0 spiro atoms. The minimum Gasteiger partial charge on any atom is -0.378 e. The fourth-order valence-electron chi connectivity index (χ4n) is 3.43. The van der Waals surface area contributed by atoms with Gasteiger partial charge >= 0.3 is 0 Å². The number of carbonyl (C=O) groups is 1. The maximum atomic E-state index is 12.0. The van der Waals surface area contributed by atoms with E-state index in [1.54, 1.807) is 0 Å². The Morgan fingerprint density at radius 3 is 2.71 bits per heavy atom. The molecule has 0 aromatic heterocycles. The zero-order valence-electron chi connectivity index (χ0n) is 13.9. The van der Waals surface area contributed by atoms with Gasteiger partial charge in [0.2, 0.25) is 5.91 Å². The molecule has 3 heteroatoms. The molecule has 4 rings (SSSR count). The maximum absolute atomic E-state index is 12.0. The van der Waals surface area contributed by atoms with Crippen LogP contribution in [0.5, 0.6) is 0 Å². The van der Waals surface area contributed by atoms with Gasteiger partial charge in [-0.05, 0) is 54.4 Å². The molecule has 2 aliphatic rings. The highest BCUT2D eigenvalue weighted by Gasteiger charge is 2.22. The number of anilines is 1. The Morgan fingerprint density at radius 1 is 1.08 bits per heavy atom. The van der Waals surface area contributed by atoms with Crippen molar-refractivity contribution in [3.8, 4) is 0 Å². The van der Waals surface area contributed by atoms with E-state index < -0.39 is 0 Å². The zero-order valence-corrected chi connectivity index (χ0v) is 13.9. The summed E-state index contributed by atoms with van der Waals surface area (Å²) in [6.45, 7) is 0.851. The summed E-state index contributed by atoms with van der Waals surface area (Å²) in [5, 5.41) is 6.69. The summed E-state index contributed by atoms with van der Waals surface area (Å²) in [5.41, 5.74) is 4.99. The van der Waals surface area contributed by atoms with Crippen LogP contribution in [0.1, 0.15) is 42.0 Å². The second-order valence-electron chi connectivity index (χ2n) is 7.06. The second kappa shape index (κ2) is 6.68. The zero-order chi connectivity index (χ0) is 16.4. The fourth-order valence-corrected chi connectivity index (χ4v) is 3.43. The Bertz CT molecular complexity index is 722. The third-order valence-electron chi connectivity index (χ3n) is 5.05. The molecule has 1 atom stereocenters. The summed E-state index contributed by atoms with van der Waals surface area (Å²) in [7, 11) is 0. The topological polar surface area (TPSA) is 41.1 Å². The highest BCUT2D eigenvalue weighted by Crippen LogP contribution is 2.33. The molecule has 1 amide bonds. The van der Waals surface area contributed by atoms with Gasteiger partial charge in [0.15, 0.2) is 0 Å². The molecule has 24 heavy (non-hydrogen) atoms. The Hall–Kier alpha value is -2.29. The number of rotatable bonds is 5. The minimum atomic E-state index is 0.146. The van der Waals surface area contributed by atoms with E-state index >= 15 is 0 Å². The van der Waals surface area contributed by atoms with Gasteiger partial charge in [-0.1, -0.05) is 42.5 Å². The summed E-state index contributed by atoms with van der Waals surface area (Å²) in [4.78, 5) is 12.0. The van der Waals surface area contributed by atoms with Gasteiger partial charge in [-0.15, -0.1) is 0 Å². The molecule has 1 saturated carbocycles. The van der Waals surface area contributed by atoms with Crippen LogP contribution in [0.15, 0.2) is 48.5 Å². The number of hydrogen-bond donors (Lipinski definition) is 2. The molecule has 2 N–H and O–H groups in total. The fraction of sp³-hybridized carbons (Fsp3) is 0.381. The van der Waals surface area contributed by atoms with Gasteiger partial charge < -0.3 is 10.6 Å². The van der Waals surface area contributed by atoms with E-state index in [4.69, 9.17) is 0 Å². The van der Waals surface area contributed by atoms with Gasteiger partial charge in [0.05, 0.1) is 12.5 Å². The largest absolute Gasteiger partial charge is 0.378 e. The van der Waals surface area contributed by atoms with E-state index in [2.05, 4.69) is 59.2 Å². The predicted molar refractivity (Wildman–Crippen MR) is 97.0 cm³/mol. The first-order chi connectivity index (χ1) is 11.8. The standard InChI is InChI=1S/C21H24N2O/c24-21(22-14-15-6-7-15)13-16-8-10-20-18(12-16)9-11-19(23-20)17-4-2-1-3-5-17/h1-5,8,10,12,15,19,23H,6-7,9,11,13-14H2,(H,22,24). The van der Waals surface area contributed by atoms with E-state index in [0.29, 0.717) is 12.5 Å². The molecule has 1 heterocycles. The lowest BCUT2D eigenvalue weighted by Gasteiger charge is -2.28. The number of aryl methyl sites for hydroxylation is 1. The van der Waals surface area contributed by atoms with Crippen molar-refractivity contribution in [2.24, 2.45) is 5.92 Å². The predicted octanol–water partition coefficient (Wildman–Crippen LogP) is 3.85. The van der Waals surface area contributed by atoms with Crippen LogP contribution in [0, 0.1) is 5.92 Å². The lowest BCUT2D eigenvalue weighted by atomic mass is 9.92. The molecule has 0 radical (unpaired) electrons. The van der Waals surface area contributed by atoms with E-state index in [-0.39, 0.29) is 5.91 Å². The number of amides is 1. The Kier molecular flexibility index (Phi) is 4.24. The molecule has 1 aliphatic heterocycles. The highest BCUT2D eigenvalue weighted by atomic mass is 16.1. The molecule has 2 aromatic rings. The molecule has 0 bridgehead atoms. The minimum absolute atomic E-state index is 0.146. The summed E-state index contributed by atoms with van der Waals surface area (Å²) in [6, 6.07) is 17.4. The average molecular weight is 320 g/mol. The van der Waals surface area contributed by atoms with Crippen LogP contribution in [0.3, 0.4) is 0 Å². The first-order valence-corrected chi connectivity index (χ1v) is 8.98. The van der Waals surface area contributed by atoms with Crippen molar-refractivity contribution in [2.75, 3.05) is 11.9 Å². The lowest BCUT2D eigenvalue weighted by molar-refractivity contribution is -0.120. The Morgan fingerprint density at radius 2 is 1.92 bits per heavy atom. The van der Waals surface area contributed by atoms with Crippen molar-refractivity contribution >= 4 is 11.6 Å². The van der Waals surface area contributed by atoms with Gasteiger partial charge in [-0.3, -0.25) is 4.79 Å². The van der Waals surface area contributed by atoms with Gasteiger partial charge in [0.25, 0.3) is 0 Å². The number of hydrogen-bond acceptors (Lipinski definition) is 2. The van der Waals surface area contributed by atoms with Crippen molar-refractivity contribution < 1.29 is 4.79 Å². The van der Waals surface area contributed by atoms with Crippen LogP contribution < -0.4 is 10.6 Å². The molecular weight excluding hydrogens is 296 g/mol. The first-order valence-electron chi connectivity index (χ1n) is 8.98. The molecule has 3 nitrogen and oxygen atoms in total. The third-order valence-corrected chi connectivity index (χ3v) is 5.05. The second-order valence-corrected chi connectivity index (χ2v) is 7.06. The number of benzene rings is 2. The van der Waals surface area contributed by atoms with Crippen molar-refractivity contribution in [3.63, 3.8) is 0 Å². The van der Waals surface area contributed by atoms with E-state index in [1.165, 1.54) is 29.7 Å². The molecule has 1 unspecified atom stereocenters. The van der Waals surface area contributed by atoms with Gasteiger partial charge in [-0.25, -0.2) is 0 Å². The summed E-state index contributed by atoms with van der Waals surface area (Å²) in [6.07, 6.45) is 5.18. The molecule has 2 aromatic carbocycles. The Labute approximate surface area is 143 Å². The molecule has 1 fully saturated rings. The van der Waals surface area contributed by atoms with Crippen molar-refractivity contribution in [1.29, 1.82) is 0 Å². The molecule has 124 valence electrons. The quantitative estimate of drug-likeness (QED) is 0.878. The van der Waals surface area contributed by atoms with Crippen LogP contribution in [-0.4, -0.2) is 12.5 Å². The molecule has 0 saturated heterocycles. The van der Waals surface area contributed by atoms with Gasteiger partial charge in [-0.2, -0.15) is 0 Å². The molecule has 1 aliphatic carbocycles. The van der Waals surface area contributed by atoms with Crippen molar-refractivity contribution in [2.45, 2.75) is 38.1 Å². The monoisotopic (exact) mass is 320 g/mol. The average Bonchev–Trinajstić information content (AvgIpc) is 3.45. The van der Waals surface area contributed by atoms with Crippen LogP contribution in [0.4, 0.5) is 5.69 Å². The number of carbonyl (C=O) groups excluding carboxylic acids is 1. The summed E-state index contributed by atoms with van der Waals surface area (Å²) < 4.78 is 0. The Balaban J connectivity index is 1.40. The number of nitrogens with one attached hydrogen (secondary N) is 2. The van der Waals surface area contributed by atoms with Crippen LogP contribution >= 0.6 is 0 Å². The van der Waals surface area contributed by atoms with Crippen LogP contribution in [-0.2, 0) is 17.6 Å². The van der Waals surface area contributed by atoms with Gasteiger partial charge in [0.1, 0.15) is 0 Å². The maximum Gasteiger partial charge on any atom is 0.224 e. The lowest BCUT2D eigenvalue weighted by Crippen LogP contribution is -2.27. The molecular formula is C21H24N2O. The summed E-state index contributed by atoms with van der Waals surface area (Å²) in [5.74, 6) is 0.879. The van der Waals surface area contributed by atoms with Crippen LogP contribution in [0.2, 0.25) is 0 Å². The SMILES string of the molecule is O=C(Cc1ccc2c(c1)CCC(c1ccccc1)N2)NCC1CC1. The number of fused-ring (bicyclic) bond motifs is 1. The third kappa shape index (κ3) is 3.61. The summed E-state index contributed by atoms with van der Waals surface area (Å²) >= 11 is 0. The van der Waals surface area contributed by atoms with Crippen molar-refractivity contribution in [3.05, 3.63) is 65.2 Å². The smallest absolute Gasteiger partial charge is 0.224 e. The van der Waals surface area contributed by atoms with E-state index in [9.17, 15) is 4.79 Å². The first kappa shape index (κ1) is 15.3. The van der Waals surface area contributed by atoms with E-state index in [0.717, 1.165) is 30.9 Å².